The number of halogens is 3. The minimum Gasteiger partial charge on any atom is -0.374 e. The molecule has 0 aromatic heterocycles. The van der Waals surface area contributed by atoms with Crippen molar-refractivity contribution in [2.45, 2.75) is 51.2 Å². The standard InChI is InChI=1S/C20H21F3O/c1-13-5-10-18(20(23)19(13)22)15-6-8-17(9-7-15)24-12-14-3-2-4-16(21)11-14/h2-5,10-11,15,17H,6-9,12H2,1H3. The van der Waals surface area contributed by atoms with Gasteiger partial charge in [0.05, 0.1) is 12.7 Å². The van der Waals surface area contributed by atoms with Gasteiger partial charge in [-0.3, -0.25) is 0 Å². The molecule has 3 rings (SSSR count). The van der Waals surface area contributed by atoms with Crippen LogP contribution in [0, 0.1) is 24.4 Å². The van der Waals surface area contributed by atoms with Crippen molar-refractivity contribution in [1.29, 1.82) is 0 Å². The second-order valence-electron chi connectivity index (χ2n) is 6.51. The number of hydrogen-bond acceptors (Lipinski definition) is 1. The summed E-state index contributed by atoms with van der Waals surface area (Å²) in [7, 11) is 0. The van der Waals surface area contributed by atoms with Crippen molar-refractivity contribution in [2.75, 3.05) is 0 Å². The highest BCUT2D eigenvalue weighted by molar-refractivity contribution is 5.28. The second kappa shape index (κ2) is 7.39. The Morgan fingerprint density at radius 1 is 0.958 bits per heavy atom. The molecule has 2 aromatic rings. The molecule has 0 unspecified atom stereocenters. The van der Waals surface area contributed by atoms with Crippen LogP contribution in [-0.4, -0.2) is 6.10 Å². The Morgan fingerprint density at radius 3 is 2.42 bits per heavy atom. The molecule has 0 aliphatic heterocycles. The average molecular weight is 334 g/mol. The molecule has 0 spiro atoms. The Balaban J connectivity index is 1.55. The predicted molar refractivity (Wildman–Crippen MR) is 87.3 cm³/mol. The summed E-state index contributed by atoms with van der Waals surface area (Å²) in [4.78, 5) is 0. The normalized spacial score (nSPS) is 21.0. The van der Waals surface area contributed by atoms with Crippen LogP contribution < -0.4 is 0 Å². The van der Waals surface area contributed by atoms with Gasteiger partial charge >= 0.3 is 0 Å². The van der Waals surface area contributed by atoms with E-state index in [4.69, 9.17) is 4.74 Å². The molecule has 1 aliphatic rings. The van der Waals surface area contributed by atoms with Crippen molar-refractivity contribution in [2.24, 2.45) is 0 Å². The fraction of sp³-hybridized carbons (Fsp3) is 0.400. The average Bonchev–Trinajstić information content (AvgIpc) is 2.59. The van der Waals surface area contributed by atoms with Gasteiger partial charge in [-0.05, 0) is 67.3 Å². The highest BCUT2D eigenvalue weighted by Gasteiger charge is 2.26. The summed E-state index contributed by atoms with van der Waals surface area (Å²) >= 11 is 0. The van der Waals surface area contributed by atoms with Crippen LogP contribution in [0.15, 0.2) is 36.4 Å². The van der Waals surface area contributed by atoms with Gasteiger partial charge in [0.25, 0.3) is 0 Å². The molecule has 2 aromatic carbocycles. The van der Waals surface area contributed by atoms with E-state index in [0.29, 0.717) is 17.7 Å². The number of ether oxygens (including phenoxy) is 1. The third kappa shape index (κ3) is 3.81. The smallest absolute Gasteiger partial charge is 0.162 e. The van der Waals surface area contributed by atoms with Crippen molar-refractivity contribution < 1.29 is 17.9 Å². The highest BCUT2D eigenvalue weighted by Crippen LogP contribution is 2.36. The Bertz CT molecular complexity index is 706. The topological polar surface area (TPSA) is 9.23 Å². The van der Waals surface area contributed by atoms with Gasteiger partial charge in [-0.15, -0.1) is 0 Å². The molecule has 24 heavy (non-hydrogen) atoms. The first-order valence-corrected chi connectivity index (χ1v) is 8.35. The molecule has 0 amide bonds. The van der Waals surface area contributed by atoms with Crippen molar-refractivity contribution in [3.63, 3.8) is 0 Å². The zero-order valence-corrected chi connectivity index (χ0v) is 13.7. The molecular formula is C20H21F3O. The monoisotopic (exact) mass is 334 g/mol. The summed E-state index contributed by atoms with van der Waals surface area (Å²) in [6, 6.07) is 9.71. The lowest BCUT2D eigenvalue weighted by Gasteiger charge is -2.29. The molecule has 1 fully saturated rings. The van der Waals surface area contributed by atoms with E-state index in [1.807, 2.05) is 6.07 Å². The first-order valence-electron chi connectivity index (χ1n) is 8.35. The molecule has 0 atom stereocenters. The van der Waals surface area contributed by atoms with Crippen LogP contribution in [-0.2, 0) is 11.3 Å². The van der Waals surface area contributed by atoms with Gasteiger partial charge in [0.15, 0.2) is 11.6 Å². The van der Waals surface area contributed by atoms with Gasteiger partial charge in [0.1, 0.15) is 5.82 Å². The van der Waals surface area contributed by atoms with E-state index in [9.17, 15) is 13.2 Å². The van der Waals surface area contributed by atoms with Crippen LogP contribution in [0.1, 0.15) is 48.3 Å². The van der Waals surface area contributed by atoms with Crippen LogP contribution in [0.4, 0.5) is 13.2 Å². The lowest BCUT2D eigenvalue weighted by Crippen LogP contribution is -2.21. The van der Waals surface area contributed by atoms with Gasteiger partial charge in [-0.1, -0.05) is 24.3 Å². The second-order valence-corrected chi connectivity index (χ2v) is 6.51. The van der Waals surface area contributed by atoms with Gasteiger partial charge in [0, 0.05) is 0 Å². The summed E-state index contributed by atoms with van der Waals surface area (Å²) in [6.45, 7) is 1.94. The lowest BCUT2D eigenvalue weighted by atomic mass is 9.82. The summed E-state index contributed by atoms with van der Waals surface area (Å²) in [5.41, 5.74) is 1.62. The van der Waals surface area contributed by atoms with Crippen molar-refractivity contribution in [3.8, 4) is 0 Å². The fourth-order valence-electron chi connectivity index (χ4n) is 3.36. The SMILES string of the molecule is Cc1ccc(C2CCC(OCc3cccc(F)c3)CC2)c(F)c1F. The largest absolute Gasteiger partial charge is 0.374 e. The Kier molecular flexibility index (Phi) is 5.24. The molecular weight excluding hydrogens is 313 g/mol. The molecule has 0 saturated heterocycles. The first-order chi connectivity index (χ1) is 11.5. The van der Waals surface area contributed by atoms with Gasteiger partial charge in [-0.2, -0.15) is 0 Å². The quantitative estimate of drug-likeness (QED) is 0.701. The van der Waals surface area contributed by atoms with E-state index in [1.54, 1.807) is 25.1 Å². The lowest BCUT2D eigenvalue weighted by molar-refractivity contribution is 0.0130. The van der Waals surface area contributed by atoms with E-state index < -0.39 is 11.6 Å². The number of aryl methyl sites for hydroxylation is 1. The molecule has 0 radical (unpaired) electrons. The Labute approximate surface area is 140 Å². The van der Waals surface area contributed by atoms with Gasteiger partial charge in [0.2, 0.25) is 0 Å². The zero-order chi connectivity index (χ0) is 17.1. The van der Waals surface area contributed by atoms with E-state index in [0.717, 1.165) is 31.2 Å². The summed E-state index contributed by atoms with van der Waals surface area (Å²) in [6.07, 6.45) is 3.23. The zero-order valence-electron chi connectivity index (χ0n) is 13.7. The van der Waals surface area contributed by atoms with Crippen LogP contribution in [0.25, 0.3) is 0 Å². The summed E-state index contributed by atoms with van der Waals surface area (Å²) < 4.78 is 46.8. The molecule has 0 bridgehead atoms. The maximum Gasteiger partial charge on any atom is 0.162 e. The first kappa shape index (κ1) is 17.0. The molecule has 1 aliphatic carbocycles. The van der Waals surface area contributed by atoms with Crippen LogP contribution in [0.5, 0.6) is 0 Å². The molecule has 0 N–H and O–H groups in total. The minimum absolute atomic E-state index is 0.0362. The van der Waals surface area contributed by atoms with E-state index in [1.165, 1.54) is 12.1 Å². The minimum atomic E-state index is -0.739. The molecule has 4 heteroatoms. The van der Waals surface area contributed by atoms with Crippen LogP contribution >= 0.6 is 0 Å². The fourth-order valence-corrected chi connectivity index (χ4v) is 3.36. The van der Waals surface area contributed by atoms with Crippen LogP contribution in [0.2, 0.25) is 0 Å². The molecule has 1 saturated carbocycles. The van der Waals surface area contributed by atoms with Crippen LogP contribution in [0.3, 0.4) is 0 Å². The molecule has 128 valence electrons. The number of rotatable bonds is 4. The number of hydrogen-bond donors (Lipinski definition) is 0. The predicted octanol–water partition coefficient (Wildman–Crippen LogP) is 5.66. The van der Waals surface area contributed by atoms with Gasteiger partial charge < -0.3 is 4.74 Å². The maximum atomic E-state index is 14.1. The summed E-state index contributed by atoms with van der Waals surface area (Å²) in [5, 5.41) is 0. The molecule has 1 nitrogen and oxygen atoms in total. The Morgan fingerprint density at radius 2 is 1.71 bits per heavy atom. The van der Waals surface area contributed by atoms with Gasteiger partial charge in [-0.25, -0.2) is 13.2 Å². The Hall–Kier alpha value is -1.81. The third-order valence-electron chi connectivity index (χ3n) is 4.79. The maximum absolute atomic E-state index is 14.1. The van der Waals surface area contributed by atoms with Crippen molar-refractivity contribution in [3.05, 3.63) is 70.5 Å². The highest BCUT2D eigenvalue weighted by atomic mass is 19.2. The van der Waals surface area contributed by atoms with E-state index >= 15 is 0 Å². The molecule has 0 heterocycles. The van der Waals surface area contributed by atoms with Crippen molar-refractivity contribution in [1.82, 2.24) is 0 Å². The number of benzene rings is 2. The summed E-state index contributed by atoms with van der Waals surface area (Å²) in [5.74, 6) is -1.68. The third-order valence-corrected chi connectivity index (χ3v) is 4.79. The van der Waals surface area contributed by atoms with Crippen molar-refractivity contribution >= 4 is 0 Å². The van der Waals surface area contributed by atoms with E-state index in [2.05, 4.69) is 0 Å². The van der Waals surface area contributed by atoms with E-state index in [-0.39, 0.29) is 17.8 Å².